The minimum absolute atomic E-state index is 0.0108. The fourth-order valence-electron chi connectivity index (χ4n) is 3.89. The van der Waals surface area contributed by atoms with E-state index in [9.17, 15) is 20.2 Å². The van der Waals surface area contributed by atoms with Crippen LogP contribution >= 0.6 is 0 Å². The molecule has 0 unspecified atom stereocenters. The summed E-state index contributed by atoms with van der Waals surface area (Å²) in [6, 6.07) is 10.4. The van der Waals surface area contributed by atoms with Crippen LogP contribution in [0.2, 0.25) is 0 Å². The molecule has 0 spiro atoms. The number of benzene rings is 1. The molecule has 150 valence electrons. The average Bonchev–Trinajstić information content (AvgIpc) is 2.99. The van der Waals surface area contributed by atoms with E-state index in [0.29, 0.717) is 5.69 Å². The highest BCUT2D eigenvalue weighted by Gasteiger charge is 2.19. The quantitative estimate of drug-likeness (QED) is 0.353. The van der Waals surface area contributed by atoms with Gasteiger partial charge in [-0.3, -0.25) is 14.9 Å². The highest BCUT2D eigenvalue weighted by molar-refractivity contribution is 6.02. The highest BCUT2D eigenvalue weighted by Crippen LogP contribution is 2.25. The van der Waals surface area contributed by atoms with Crippen molar-refractivity contribution in [1.29, 1.82) is 5.26 Å². The number of rotatable bonds is 5. The second-order valence-corrected chi connectivity index (χ2v) is 7.42. The second-order valence-electron chi connectivity index (χ2n) is 7.42. The molecule has 29 heavy (non-hydrogen) atoms. The Kier molecular flexibility index (Phi) is 6.13. The molecule has 0 atom stereocenters. The van der Waals surface area contributed by atoms with Crippen LogP contribution in [0.15, 0.2) is 35.9 Å². The van der Waals surface area contributed by atoms with Crippen LogP contribution in [-0.2, 0) is 4.79 Å². The number of nitrogens with one attached hydrogen (secondary N) is 1. The molecular weight excluding hydrogens is 368 g/mol. The molecule has 1 fully saturated rings. The van der Waals surface area contributed by atoms with Crippen molar-refractivity contribution in [3.8, 4) is 11.8 Å². The molecule has 1 amide bonds. The minimum atomic E-state index is -0.429. The molecule has 1 saturated carbocycles. The number of aromatic nitrogens is 1. The lowest BCUT2D eigenvalue weighted by Crippen LogP contribution is -2.36. The fourth-order valence-corrected chi connectivity index (χ4v) is 3.89. The number of carbonyl (C=O) groups excluding carboxylic acids is 1. The van der Waals surface area contributed by atoms with Gasteiger partial charge in [-0.1, -0.05) is 25.3 Å². The first-order chi connectivity index (χ1) is 13.9. The number of nitro groups is 1. The standard InChI is InChI=1S/C22H24N4O3/c1-15-11-17(12-18(14-23)22(27)24-19-7-4-3-5-8-19)16(2)25(15)20-9-6-10-21(13-20)26(28)29/h6,9-13,19H,3-5,7-8H2,1-2H3,(H,24,27)/b18-12-. The van der Waals surface area contributed by atoms with Crippen LogP contribution in [0.4, 0.5) is 5.69 Å². The van der Waals surface area contributed by atoms with Crippen molar-refractivity contribution in [3.63, 3.8) is 0 Å². The summed E-state index contributed by atoms with van der Waals surface area (Å²) in [6.07, 6.45) is 6.88. The van der Waals surface area contributed by atoms with Gasteiger partial charge in [-0.2, -0.15) is 5.26 Å². The highest BCUT2D eigenvalue weighted by atomic mass is 16.6. The molecule has 0 bridgehead atoms. The summed E-state index contributed by atoms with van der Waals surface area (Å²) >= 11 is 0. The predicted molar refractivity (Wildman–Crippen MR) is 111 cm³/mol. The Hall–Kier alpha value is -3.40. The van der Waals surface area contributed by atoms with Crippen LogP contribution in [0.25, 0.3) is 11.8 Å². The van der Waals surface area contributed by atoms with Crippen LogP contribution in [0, 0.1) is 35.3 Å². The number of nitriles is 1. The van der Waals surface area contributed by atoms with Crippen LogP contribution < -0.4 is 5.32 Å². The molecule has 1 aromatic heterocycles. The molecule has 7 heteroatoms. The molecule has 7 nitrogen and oxygen atoms in total. The molecule has 0 aliphatic heterocycles. The van der Waals surface area contributed by atoms with Gasteiger partial charge >= 0.3 is 0 Å². The molecular formula is C22H24N4O3. The Labute approximate surface area is 169 Å². The third kappa shape index (κ3) is 4.54. The largest absolute Gasteiger partial charge is 0.349 e. The zero-order chi connectivity index (χ0) is 21.0. The van der Waals surface area contributed by atoms with E-state index < -0.39 is 4.92 Å². The van der Waals surface area contributed by atoms with Crippen molar-refractivity contribution in [2.75, 3.05) is 0 Å². The Morgan fingerprint density at radius 3 is 2.66 bits per heavy atom. The maximum atomic E-state index is 12.6. The lowest BCUT2D eigenvalue weighted by molar-refractivity contribution is -0.384. The van der Waals surface area contributed by atoms with E-state index in [4.69, 9.17) is 0 Å². The lowest BCUT2D eigenvalue weighted by Gasteiger charge is -2.22. The molecule has 1 aliphatic carbocycles. The number of nitro benzene ring substituents is 1. The topological polar surface area (TPSA) is 101 Å². The van der Waals surface area contributed by atoms with Gasteiger partial charge in [0.1, 0.15) is 11.6 Å². The summed E-state index contributed by atoms with van der Waals surface area (Å²) in [6.45, 7) is 3.75. The van der Waals surface area contributed by atoms with E-state index in [0.717, 1.165) is 42.6 Å². The predicted octanol–water partition coefficient (Wildman–Crippen LogP) is 4.36. The third-order valence-electron chi connectivity index (χ3n) is 5.37. The number of nitrogens with zero attached hydrogens (tertiary/aromatic N) is 3. The fraction of sp³-hybridized carbons (Fsp3) is 0.364. The average molecular weight is 392 g/mol. The van der Waals surface area contributed by atoms with Crippen LogP contribution in [0.5, 0.6) is 0 Å². The first-order valence-corrected chi connectivity index (χ1v) is 9.77. The molecule has 1 aromatic carbocycles. The second kappa shape index (κ2) is 8.74. The molecule has 1 aliphatic rings. The first kappa shape index (κ1) is 20.3. The van der Waals surface area contributed by atoms with Gasteiger partial charge < -0.3 is 9.88 Å². The van der Waals surface area contributed by atoms with Crippen LogP contribution in [-0.4, -0.2) is 21.4 Å². The summed E-state index contributed by atoms with van der Waals surface area (Å²) in [4.78, 5) is 23.2. The van der Waals surface area contributed by atoms with Gasteiger partial charge in [0.2, 0.25) is 0 Å². The Bertz CT molecular complexity index is 1010. The van der Waals surface area contributed by atoms with Crippen molar-refractivity contribution in [1.82, 2.24) is 9.88 Å². The van der Waals surface area contributed by atoms with Crippen molar-refractivity contribution < 1.29 is 9.72 Å². The zero-order valence-electron chi connectivity index (χ0n) is 16.6. The van der Waals surface area contributed by atoms with Gasteiger partial charge in [-0.25, -0.2) is 0 Å². The molecule has 3 rings (SSSR count). The monoisotopic (exact) mass is 392 g/mol. The van der Waals surface area contributed by atoms with Gasteiger partial charge in [0.05, 0.1) is 10.6 Å². The molecule has 2 aromatic rings. The Balaban J connectivity index is 1.90. The molecule has 0 radical (unpaired) electrons. The third-order valence-corrected chi connectivity index (χ3v) is 5.37. The summed E-state index contributed by atoms with van der Waals surface area (Å²) in [5, 5.41) is 23.6. The number of aryl methyl sites for hydroxylation is 1. The Morgan fingerprint density at radius 1 is 1.28 bits per heavy atom. The summed E-state index contributed by atoms with van der Waals surface area (Å²) in [7, 11) is 0. The molecule has 1 N–H and O–H groups in total. The van der Waals surface area contributed by atoms with Gasteiger partial charge in [-0.15, -0.1) is 0 Å². The SMILES string of the molecule is Cc1cc(/C=C(/C#N)C(=O)NC2CCCCC2)c(C)n1-c1cccc([N+](=O)[O-])c1. The van der Waals surface area contributed by atoms with E-state index in [1.165, 1.54) is 18.6 Å². The van der Waals surface area contributed by atoms with E-state index in [-0.39, 0.29) is 23.2 Å². The maximum Gasteiger partial charge on any atom is 0.271 e. The van der Waals surface area contributed by atoms with Crippen molar-refractivity contribution in [2.45, 2.75) is 52.0 Å². The first-order valence-electron chi connectivity index (χ1n) is 9.77. The van der Waals surface area contributed by atoms with E-state index in [2.05, 4.69) is 5.32 Å². The zero-order valence-corrected chi connectivity index (χ0v) is 16.6. The smallest absolute Gasteiger partial charge is 0.271 e. The summed E-state index contributed by atoms with van der Waals surface area (Å²) in [5.41, 5.74) is 3.15. The Morgan fingerprint density at radius 2 is 2.00 bits per heavy atom. The van der Waals surface area contributed by atoms with Crippen LogP contribution in [0.1, 0.15) is 49.1 Å². The van der Waals surface area contributed by atoms with E-state index in [1.54, 1.807) is 18.2 Å². The summed E-state index contributed by atoms with van der Waals surface area (Å²) in [5.74, 6) is -0.348. The maximum absolute atomic E-state index is 12.6. The molecule has 0 saturated heterocycles. The number of amides is 1. The van der Waals surface area contributed by atoms with Crippen molar-refractivity contribution in [2.24, 2.45) is 0 Å². The molecule has 1 heterocycles. The van der Waals surface area contributed by atoms with Crippen molar-refractivity contribution >= 4 is 17.7 Å². The van der Waals surface area contributed by atoms with Crippen LogP contribution in [0.3, 0.4) is 0 Å². The number of hydrogen-bond acceptors (Lipinski definition) is 4. The van der Waals surface area contributed by atoms with E-state index >= 15 is 0 Å². The number of non-ortho nitro benzene ring substituents is 1. The van der Waals surface area contributed by atoms with Gasteiger partial charge in [-0.05, 0) is 50.5 Å². The lowest BCUT2D eigenvalue weighted by atomic mass is 9.95. The van der Waals surface area contributed by atoms with Crippen molar-refractivity contribution in [3.05, 3.63) is 63.0 Å². The normalized spacial score (nSPS) is 15.0. The summed E-state index contributed by atoms with van der Waals surface area (Å²) < 4.78 is 1.88. The minimum Gasteiger partial charge on any atom is -0.349 e. The van der Waals surface area contributed by atoms with Gasteiger partial charge in [0.15, 0.2) is 0 Å². The van der Waals surface area contributed by atoms with Gasteiger partial charge in [0.25, 0.3) is 11.6 Å². The van der Waals surface area contributed by atoms with Gasteiger partial charge in [0, 0.05) is 29.6 Å². The number of hydrogen-bond donors (Lipinski definition) is 1. The van der Waals surface area contributed by atoms with E-state index in [1.807, 2.05) is 30.6 Å². The number of carbonyl (C=O) groups is 1.